The summed E-state index contributed by atoms with van der Waals surface area (Å²) in [6, 6.07) is 8.05. The van der Waals surface area contributed by atoms with Gasteiger partial charge in [0.2, 0.25) is 0 Å². The summed E-state index contributed by atoms with van der Waals surface area (Å²) in [5.74, 6) is 0.893. The highest BCUT2D eigenvalue weighted by Crippen LogP contribution is 2.19. The zero-order valence-electron chi connectivity index (χ0n) is 10.9. The van der Waals surface area contributed by atoms with Crippen molar-refractivity contribution in [2.45, 2.75) is 20.3 Å². The zero-order valence-corrected chi connectivity index (χ0v) is 11.7. The fourth-order valence-electron chi connectivity index (χ4n) is 1.60. The van der Waals surface area contributed by atoms with Crippen LogP contribution in [0.5, 0.6) is 5.75 Å². The van der Waals surface area contributed by atoms with E-state index in [-0.39, 0.29) is 0 Å². The van der Waals surface area contributed by atoms with Gasteiger partial charge in [-0.15, -0.1) is 0 Å². The molecule has 0 aliphatic carbocycles. The van der Waals surface area contributed by atoms with Gasteiger partial charge in [0.1, 0.15) is 5.75 Å². The Kier molecular flexibility index (Phi) is 6.31. The van der Waals surface area contributed by atoms with Gasteiger partial charge in [0.15, 0.2) is 0 Å². The molecule has 0 unspecified atom stereocenters. The topological polar surface area (TPSA) is 9.23 Å². The van der Waals surface area contributed by atoms with Gasteiger partial charge in [-0.1, -0.05) is 42.5 Å². The van der Waals surface area contributed by atoms with Gasteiger partial charge in [-0.05, 0) is 49.6 Å². The quantitative estimate of drug-likeness (QED) is 0.664. The summed E-state index contributed by atoms with van der Waals surface area (Å²) in [6.45, 7) is 8.41. The van der Waals surface area contributed by atoms with Crippen molar-refractivity contribution in [3.8, 4) is 5.75 Å². The van der Waals surface area contributed by atoms with Gasteiger partial charge in [-0.25, -0.2) is 0 Å². The first-order valence-electron chi connectivity index (χ1n) is 6.06. The van der Waals surface area contributed by atoms with Gasteiger partial charge >= 0.3 is 0 Å². The van der Waals surface area contributed by atoms with Crippen LogP contribution in [-0.2, 0) is 6.42 Å². The summed E-state index contributed by atoms with van der Waals surface area (Å²) in [5, 5.41) is 0.737. The lowest BCUT2D eigenvalue weighted by molar-refractivity contribution is 0.340. The molecule has 1 aromatic rings. The SMILES string of the molecule is C=C/C(Cc1ccc(OCC)cc1)=C(Cl)\C=C/C. The first-order valence-corrected chi connectivity index (χ1v) is 6.44. The number of rotatable bonds is 6. The average molecular weight is 263 g/mol. The van der Waals surface area contributed by atoms with Gasteiger partial charge in [-0.2, -0.15) is 0 Å². The Balaban J connectivity index is 2.82. The number of ether oxygens (including phenoxy) is 1. The first-order chi connectivity index (χ1) is 8.71. The molecule has 1 nitrogen and oxygen atoms in total. The van der Waals surface area contributed by atoms with Gasteiger partial charge < -0.3 is 4.74 Å². The summed E-state index contributed by atoms with van der Waals surface area (Å²) in [6.07, 6.45) is 6.38. The van der Waals surface area contributed by atoms with Crippen LogP contribution in [0.15, 0.2) is 59.7 Å². The Morgan fingerprint density at radius 3 is 2.50 bits per heavy atom. The predicted octanol–water partition coefficient (Wildman–Crippen LogP) is 4.88. The Labute approximate surface area is 114 Å². The minimum atomic E-state index is 0.685. The Hall–Kier alpha value is -1.47. The van der Waals surface area contributed by atoms with E-state index in [0.29, 0.717) is 6.61 Å². The van der Waals surface area contributed by atoms with Crippen LogP contribution in [0.2, 0.25) is 0 Å². The average Bonchev–Trinajstić information content (AvgIpc) is 2.38. The van der Waals surface area contributed by atoms with Gasteiger partial charge in [-0.3, -0.25) is 0 Å². The summed E-state index contributed by atoms with van der Waals surface area (Å²) in [7, 11) is 0. The molecule has 0 aliphatic heterocycles. The van der Waals surface area contributed by atoms with E-state index < -0.39 is 0 Å². The lowest BCUT2D eigenvalue weighted by atomic mass is 10.0. The Morgan fingerprint density at radius 1 is 1.33 bits per heavy atom. The molecule has 1 rings (SSSR count). The first kappa shape index (κ1) is 14.6. The number of benzene rings is 1. The molecule has 0 spiro atoms. The molecule has 0 amide bonds. The third kappa shape index (κ3) is 4.42. The maximum absolute atomic E-state index is 6.17. The second kappa shape index (κ2) is 7.78. The molecular weight excluding hydrogens is 244 g/mol. The van der Waals surface area contributed by atoms with E-state index in [4.69, 9.17) is 16.3 Å². The largest absolute Gasteiger partial charge is 0.494 e. The minimum Gasteiger partial charge on any atom is -0.494 e. The molecule has 1 aromatic carbocycles. The maximum atomic E-state index is 6.17. The van der Waals surface area contributed by atoms with Crippen LogP contribution in [0.4, 0.5) is 0 Å². The Morgan fingerprint density at radius 2 is 2.00 bits per heavy atom. The second-order valence-electron chi connectivity index (χ2n) is 3.83. The van der Waals surface area contributed by atoms with Crippen molar-refractivity contribution >= 4 is 11.6 Å². The van der Waals surface area contributed by atoms with Crippen molar-refractivity contribution in [2.24, 2.45) is 0 Å². The third-order valence-electron chi connectivity index (χ3n) is 2.50. The van der Waals surface area contributed by atoms with Crippen LogP contribution in [0.1, 0.15) is 19.4 Å². The molecule has 0 aliphatic rings. The molecule has 0 heterocycles. The molecular formula is C16H19ClO. The lowest BCUT2D eigenvalue weighted by Gasteiger charge is -2.06. The van der Waals surface area contributed by atoms with Crippen molar-refractivity contribution in [1.82, 2.24) is 0 Å². The molecule has 0 saturated heterocycles. The van der Waals surface area contributed by atoms with Crippen molar-refractivity contribution in [2.75, 3.05) is 6.61 Å². The van der Waals surface area contributed by atoms with E-state index in [1.165, 1.54) is 5.56 Å². The van der Waals surface area contributed by atoms with Gasteiger partial charge in [0, 0.05) is 5.03 Å². The standard InChI is InChI=1S/C16H19ClO/c1-4-7-16(17)14(5-2)12-13-8-10-15(11-9-13)18-6-3/h4-5,7-11H,2,6,12H2,1,3H3/b7-4-,16-14-. The van der Waals surface area contributed by atoms with Crippen molar-refractivity contribution in [1.29, 1.82) is 0 Å². The molecule has 96 valence electrons. The van der Waals surface area contributed by atoms with Crippen LogP contribution in [0.3, 0.4) is 0 Å². The fourth-order valence-corrected chi connectivity index (χ4v) is 1.87. The zero-order chi connectivity index (χ0) is 13.4. The van der Waals surface area contributed by atoms with E-state index in [1.54, 1.807) is 6.08 Å². The van der Waals surface area contributed by atoms with E-state index >= 15 is 0 Å². The number of halogens is 1. The van der Waals surface area contributed by atoms with Gasteiger partial charge in [0.25, 0.3) is 0 Å². The van der Waals surface area contributed by atoms with Crippen LogP contribution >= 0.6 is 11.6 Å². The summed E-state index contributed by atoms with van der Waals surface area (Å²) >= 11 is 6.17. The van der Waals surface area contributed by atoms with Crippen LogP contribution in [0.25, 0.3) is 0 Å². The lowest BCUT2D eigenvalue weighted by Crippen LogP contribution is -1.93. The van der Waals surface area contributed by atoms with E-state index in [2.05, 4.69) is 6.58 Å². The smallest absolute Gasteiger partial charge is 0.119 e. The maximum Gasteiger partial charge on any atom is 0.119 e. The number of hydrogen-bond acceptors (Lipinski definition) is 1. The highest BCUT2D eigenvalue weighted by atomic mass is 35.5. The summed E-state index contributed by atoms with van der Waals surface area (Å²) < 4.78 is 5.41. The molecule has 0 fully saturated rings. The van der Waals surface area contributed by atoms with Crippen LogP contribution in [0, 0.1) is 0 Å². The highest BCUT2D eigenvalue weighted by Gasteiger charge is 2.01. The number of allylic oxidation sites excluding steroid dienone is 5. The molecule has 0 saturated carbocycles. The molecule has 2 heteroatoms. The van der Waals surface area contributed by atoms with E-state index in [0.717, 1.165) is 22.8 Å². The van der Waals surface area contributed by atoms with Crippen molar-refractivity contribution in [3.63, 3.8) is 0 Å². The van der Waals surface area contributed by atoms with Crippen molar-refractivity contribution in [3.05, 3.63) is 65.2 Å². The van der Waals surface area contributed by atoms with E-state index in [9.17, 15) is 0 Å². The minimum absolute atomic E-state index is 0.685. The van der Waals surface area contributed by atoms with Gasteiger partial charge in [0.05, 0.1) is 6.61 Å². The number of hydrogen-bond donors (Lipinski definition) is 0. The normalized spacial score (nSPS) is 12.4. The molecule has 0 N–H and O–H groups in total. The highest BCUT2D eigenvalue weighted by molar-refractivity contribution is 6.31. The summed E-state index contributed by atoms with van der Waals surface area (Å²) in [5.41, 5.74) is 2.22. The van der Waals surface area contributed by atoms with Crippen molar-refractivity contribution < 1.29 is 4.74 Å². The third-order valence-corrected chi connectivity index (χ3v) is 2.86. The van der Waals surface area contributed by atoms with E-state index in [1.807, 2.05) is 50.3 Å². The Bertz CT molecular complexity index is 441. The molecule has 0 radical (unpaired) electrons. The summed E-state index contributed by atoms with van der Waals surface area (Å²) in [4.78, 5) is 0. The molecule has 0 aromatic heterocycles. The molecule has 18 heavy (non-hydrogen) atoms. The molecule has 0 bridgehead atoms. The van der Waals surface area contributed by atoms with Crippen LogP contribution < -0.4 is 4.74 Å². The predicted molar refractivity (Wildman–Crippen MR) is 79.2 cm³/mol. The fraction of sp³-hybridized carbons (Fsp3) is 0.250. The second-order valence-corrected chi connectivity index (χ2v) is 4.24. The van der Waals surface area contributed by atoms with Crippen LogP contribution in [-0.4, -0.2) is 6.61 Å². The molecule has 0 atom stereocenters. The monoisotopic (exact) mass is 262 g/mol.